The molecule has 3 rings (SSSR count). The molecule has 0 aliphatic heterocycles. The van der Waals surface area contributed by atoms with Gasteiger partial charge in [-0.05, 0) is 29.0 Å². The predicted molar refractivity (Wildman–Crippen MR) is 58.9 cm³/mol. The fraction of sp³-hybridized carbons (Fsp3) is 0. The Morgan fingerprint density at radius 2 is 1.46 bits per heavy atom. The van der Waals surface area contributed by atoms with Crippen LogP contribution in [0.5, 0.6) is 5.75 Å². The van der Waals surface area contributed by atoms with Gasteiger partial charge in [0.2, 0.25) is 0 Å². The van der Waals surface area contributed by atoms with Crippen LogP contribution in [0.15, 0.2) is 29.0 Å². The van der Waals surface area contributed by atoms with Crippen LogP contribution in [0, 0.1) is 0 Å². The van der Waals surface area contributed by atoms with Crippen LogP contribution in [0.1, 0.15) is 0 Å². The van der Waals surface area contributed by atoms with Gasteiger partial charge in [-0.3, -0.25) is 0 Å². The Balaban J connectivity index is 2.67. The average molecular weight is 206 g/mol. The van der Waals surface area contributed by atoms with Crippen LogP contribution in [-0.2, 0) is 0 Å². The number of thiophene rings is 2. The lowest BCUT2D eigenvalue weighted by molar-refractivity contribution is 0.488. The number of hydrogen-bond acceptors (Lipinski definition) is 3. The maximum Gasteiger partial charge on any atom is 0.132 e. The van der Waals surface area contributed by atoms with Gasteiger partial charge < -0.3 is 5.11 Å². The van der Waals surface area contributed by atoms with E-state index in [-0.39, 0.29) is 0 Å². The summed E-state index contributed by atoms with van der Waals surface area (Å²) in [5, 5.41) is 15.9. The highest BCUT2D eigenvalue weighted by Gasteiger charge is 2.07. The molecule has 0 atom stereocenters. The van der Waals surface area contributed by atoms with E-state index in [4.69, 9.17) is 0 Å². The summed E-state index contributed by atoms with van der Waals surface area (Å²) in [5.41, 5.74) is 0. The van der Waals surface area contributed by atoms with E-state index in [1.807, 2.05) is 22.9 Å². The lowest BCUT2D eigenvalue weighted by atomic mass is 10.2. The second kappa shape index (κ2) is 2.47. The zero-order valence-corrected chi connectivity index (χ0v) is 8.28. The van der Waals surface area contributed by atoms with Crippen LogP contribution in [0.4, 0.5) is 0 Å². The summed E-state index contributed by atoms with van der Waals surface area (Å²) in [6.07, 6.45) is 0. The van der Waals surface area contributed by atoms with Crippen LogP contribution < -0.4 is 0 Å². The Morgan fingerprint density at radius 1 is 0.923 bits per heavy atom. The number of phenolic OH excluding ortho intramolecular Hbond substituents is 1. The molecule has 2 aromatic heterocycles. The summed E-state index contributed by atoms with van der Waals surface area (Å²) in [6.45, 7) is 0. The highest BCUT2D eigenvalue weighted by Crippen LogP contribution is 2.38. The van der Waals surface area contributed by atoms with Gasteiger partial charge in [0.1, 0.15) is 5.75 Å². The summed E-state index contributed by atoms with van der Waals surface area (Å²) in [6, 6.07) is 6.07. The summed E-state index contributed by atoms with van der Waals surface area (Å²) in [5.74, 6) is 0.426. The van der Waals surface area contributed by atoms with E-state index in [0.29, 0.717) is 5.75 Å². The fourth-order valence-electron chi connectivity index (χ4n) is 1.52. The van der Waals surface area contributed by atoms with Gasteiger partial charge in [-0.25, -0.2) is 0 Å². The second-order valence-electron chi connectivity index (χ2n) is 2.89. The third kappa shape index (κ3) is 0.913. The first-order valence-corrected chi connectivity index (χ1v) is 5.68. The van der Waals surface area contributed by atoms with Gasteiger partial charge in [0, 0.05) is 20.2 Å². The number of aromatic hydroxyl groups is 1. The van der Waals surface area contributed by atoms with E-state index in [1.54, 1.807) is 22.7 Å². The standard InChI is InChI=1S/C10H6OS2/c11-10-6-1-3-12-8(6)5-9-7(10)2-4-13-9/h1-5,11H. The van der Waals surface area contributed by atoms with Crippen molar-refractivity contribution in [2.75, 3.05) is 0 Å². The first-order valence-electron chi connectivity index (χ1n) is 3.92. The fourth-order valence-corrected chi connectivity index (χ4v) is 3.25. The predicted octanol–water partition coefficient (Wildman–Crippen LogP) is 3.82. The van der Waals surface area contributed by atoms with Crippen LogP contribution >= 0.6 is 22.7 Å². The average Bonchev–Trinajstić information content (AvgIpc) is 2.71. The lowest BCUT2D eigenvalue weighted by Gasteiger charge is -1.96. The molecule has 0 aliphatic carbocycles. The van der Waals surface area contributed by atoms with Gasteiger partial charge in [0.25, 0.3) is 0 Å². The van der Waals surface area contributed by atoms with E-state index >= 15 is 0 Å². The van der Waals surface area contributed by atoms with Gasteiger partial charge >= 0.3 is 0 Å². The number of phenols is 1. The van der Waals surface area contributed by atoms with Gasteiger partial charge in [-0.2, -0.15) is 0 Å². The quantitative estimate of drug-likeness (QED) is 0.592. The molecule has 0 spiro atoms. The van der Waals surface area contributed by atoms with Crippen molar-refractivity contribution in [1.29, 1.82) is 0 Å². The normalized spacial score (nSPS) is 11.4. The third-order valence-electron chi connectivity index (χ3n) is 2.16. The van der Waals surface area contributed by atoms with E-state index in [2.05, 4.69) is 6.07 Å². The van der Waals surface area contributed by atoms with Crippen LogP contribution in [-0.4, -0.2) is 5.11 Å². The van der Waals surface area contributed by atoms with Gasteiger partial charge in [0.15, 0.2) is 0 Å². The van der Waals surface area contributed by atoms with Crippen molar-refractivity contribution in [2.24, 2.45) is 0 Å². The molecule has 64 valence electrons. The van der Waals surface area contributed by atoms with E-state index < -0.39 is 0 Å². The second-order valence-corrected chi connectivity index (χ2v) is 4.79. The number of rotatable bonds is 0. The molecule has 13 heavy (non-hydrogen) atoms. The highest BCUT2D eigenvalue weighted by atomic mass is 32.1. The molecule has 3 heteroatoms. The Kier molecular flexibility index (Phi) is 1.39. The van der Waals surface area contributed by atoms with Crippen molar-refractivity contribution >= 4 is 42.8 Å². The summed E-state index contributed by atoms with van der Waals surface area (Å²) >= 11 is 3.33. The van der Waals surface area contributed by atoms with E-state index in [0.717, 1.165) is 20.2 Å². The van der Waals surface area contributed by atoms with Crippen LogP contribution in [0.3, 0.4) is 0 Å². The van der Waals surface area contributed by atoms with Crippen molar-refractivity contribution in [2.45, 2.75) is 0 Å². The van der Waals surface area contributed by atoms with Crippen molar-refractivity contribution in [1.82, 2.24) is 0 Å². The molecule has 0 aliphatic rings. The van der Waals surface area contributed by atoms with Crippen molar-refractivity contribution < 1.29 is 5.11 Å². The maximum atomic E-state index is 9.90. The molecule has 1 nitrogen and oxygen atoms in total. The molecule has 0 unspecified atom stereocenters. The molecule has 2 heterocycles. The van der Waals surface area contributed by atoms with Gasteiger partial charge in [0.05, 0.1) is 0 Å². The molecular formula is C10H6OS2. The van der Waals surface area contributed by atoms with Crippen LogP contribution in [0.25, 0.3) is 20.2 Å². The molecule has 0 fully saturated rings. The summed E-state index contributed by atoms with van der Waals surface area (Å²) in [7, 11) is 0. The largest absolute Gasteiger partial charge is 0.507 e. The van der Waals surface area contributed by atoms with E-state index in [1.165, 1.54) is 0 Å². The zero-order chi connectivity index (χ0) is 8.84. The molecular weight excluding hydrogens is 200 g/mol. The molecule has 0 radical (unpaired) electrons. The first kappa shape index (κ1) is 7.35. The Bertz CT molecular complexity index is 528. The number of fused-ring (bicyclic) bond motifs is 2. The highest BCUT2D eigenvalue weighted by molar-refractivity contribution is 7.19. The number of benzene rings is 1. The Labute approximate surface area is 82.9 Å². The minimum absolute atomic E-state index is 0.426. The lowest BCUT2D eigenvalue weighted by Crippen LogP contribution is -1.67. The third-order valence-corrected chi connectivity index (χ3v) is 3.89. The molecule has 3 aromatic rings. The molecule has 0 saturated heterocycles. The molecule has 1 N–H and O–H groups in total. The van der Waals surface area contributed by atoms with Crippen molar-refractivity contribution in [3.05, 3.63) is 29.0 Å². The topological polar surface area (TPSA) is 20.2 Å². The smallest absolute Gasteiger partial charge is 0.132 e. The minimum Gasteiger partial charge on any atom is -0.507 e. The Hall–Kier alpha value is -1.06. The minimum atomic E-state index is 0.426. The SMILES string of the molecule is Oc1c2ccsc2cc2sccc12. The van der Waals surface area contributed by atoms with E-state index in [9.17, 15) is 5.11 Å². The summed E-state index contributed by atoms with van der Waals surface area (Å²) in [4.78, 5) is 0. The van der Waals surface area contributed by atoms with Gasteiger partial charge in [-0.1, -0.05) is 0 Å². The first-order chi connectivity index (χ1) is 6.36. The molecule has 0 amide bonds. The Morgan fingerprint density at radius 3 is 2.00 bits per heavy atom. The van der Waals surface area contributed by atoms with Crippen LogP contribution in [0.2, 0.25) is 0 Å². The zero-order valence-electron chi connectivity index (χ0n) is 6.65. The number of hydrogen-bond donors (Lipinski definition) is 1. The molecule has 0 bridgehead atoms. The monoisotopic (exact) mass is 206 g/mol. The maximum absolute atomic E-state index is 9.90. The molecule has 0 saturated carbocycles. The van der Waals surface area contributed by atoms with Crippen molar-refractivity contribution in [3.8, 4) is 5.75 Å². The van der Waals surface area contributed by atoms with Crippen molar-refractivity contribution in [3.63, 3.8) is 0 Å². The van der Waals surface area contributed by atoms with Gasteiger partial charge in [-0.15, -0.1) is 22.7 Å². The molecule has 1 aromatic carbocycles. The summed E-state index contributed by atoms with van der Waals surface area (Å²) < 4.78 is 2.32.